The molecule has 7 nitrogen and oxygen atoms in total. The van der Waals surface area contributed by atoms with Gasteiger partial charge < -0.3 is 19.5 Å². The Bertz CT molecular complexity index is 1030. The van der Waals surface area contributed by atoms with E-state index in [1.54, 1.807) is 9.47 Å². The first-order chi connectivity index (χ1) is 15.6. The van der Waals surface area contributed by atoms with Gasteiger partial charge in [-0.05, 0) is 41.9 Å². The molecule has 1 fully saturated rings. The van der Waals surface area contributed by atoms with Crippen molar-refractivity contribution in [1.82, 2.24) is 14.8 Å². The van der Waals surface area contributed by atoms with E-state index in [4.69, 9.17) is 4.74 Å². The summed E-state index contributed by atoms with van der Waals surface area (Å²) in [4.78, 5) is 40.5. The number of fused-ring (bicyclic) bond motifs is 1. The Hall–Kier alpha value is -2.93. The largest absolute Gasteiger partial charge is 0.375 e. The first-order valence-corrected chi connectivity index (χ1v) is 11.4. The number of aryl methyl sites for hydroxylation is 2. The highest BCUT2D eigenvalue weighted by Crippen LogP contribution is 2.31. The first kappa shape index (κ1) is 22.3. The van der Waals surface area contributed by atoms with E-state index in [2.05, 4.69) is 5.32 Å². The van der Waals surface area contributed by atoms with E-state index >= 15 is 0 Å². The smallest absolute Gasteiger partial charge is 0.263 e. The van der Waals surface area contributed by atoms with Gasteiger partial charge >= 0.3 is 0 Å². The number of hydrogen-bond acceptors (Lipinski definition) is 4. The number of amides is 2. The van der Waals surface area contributed by atoms with Gasteiger partial charge in [-0.15, -0.1) is 0 Å². The van der Waals surface area contributed by atoms with Gasteiger partial charge in [-0.1, -0.05) is 43.2 Å². The normalized spacial score (nSPS) is 15.3. The summed E-state index contributed by atoms with van der Waals surface area (Å²) in [5.74, 6) is 0.330. The van der Waals surface area contributed by atoms with Crippen LogP contribution in [0.5, 0.6) is 0 Å². The van der Waals surface area contributed by atoms with Gasteiger partial charge in [0.25, 0.3) is 11.5 Å². The molecule has 0 spiro atoms. The molecule has 1 N–H and O–H groups in total. The average molecular weight is 438 g/mol. The fourth-order valence-electron chi connectivity index (χ4n) is 4.32. The molecule has 4 rings (SSSR count). The fraction of sp³-hybridized carbons (Fsp3) is 0.480. The van der Waals surface area contributed by atoms with Gasteiger partial charge in [0.15, 0.2) is 0 Å². The lowest BCUT2D eigenvalue weighted by Crippen LogP contribution is -2.42. The third-order valence-corrected chi connectivity index (χ3v) is 6.34. The number of hydrogen-bond donors (Lipinski definition) is 1. The Morgan fingerprint density at radius 3 is 2.69 bits per heavy atom. The van der Waals surface area contributed by atoms with Crippen molar-refractivity contribution in [3.8, 4) is 0 Å². The summed E-state index contributed by atoms with van der Waals surface area (Å²) in [5.41, 5.74) is 2.76. The van der Waals surface area contributed by atoms with Gasteiger partial charge in [-0.2, -0.15) is 0 Å². The molecule has 2 heterocycles. The van der Waals surface area contributed by atoms with Gasteiger partial charge in [-0.3, -0.25) is 14.4 Å². The van der Waals surface area contributed by atoms with Gasteiger partial charge in [0.1, 0.15) is 12.2 Å². The number of benzene rings is 1. The molecule has 1 aromatic heterocycles. The molecule has 7 heteroatoms. The van der Waals surface area contributed by atoms with Crippen molar-refractivity contribution < 1.29 is 14.3 Å². The summed E-state index contributed by atoms with van der Waals surface area (Å²) in [5, 5.41) is 2.96. The molecule has 1 aliphatic heterocycles. The highest BCUT2D eigenvalue weighted by atomic mass is 16.5. The van der Waals surface area contributed by atoms with Crippen molar-refractivity contribution >= 4 is 11.8 Å². The van der Waals surface area contributed by atoms with Crippen molar-refractivity contribution in [3.63, 3.8) is 0 Å². The molecule has 1 saturated carbocycles. The molecule has 1 aromatic carbocycles. The lowest BCUT2D eigenvalue weighted by atomic mass is 9.95. The fourth-order valence-corrected chi connectivity index (χ4v) is 4.32. The van der Waals surface area contributed by atoms with Crippen LogP contribution >= 0.6 is 0 Å². The van der Waals surface area contributed by atoms with E-state index in [9.17, 15) is 14.4 Å². The van der Waals surface area contributed by atoms with Crippen LogP contribution in [-0.2, 0) is 35.5 Å². The summed E-state index contributed by atoms with van der Waals surface area (Å²) < 4.78 is 6.63. The van der Waals surface area contributed by atoms with Crippen LogP contribution in [0.25, 0.3) is 0 Å². The predicted molar refractivity (Wildman–Crippen MR) is 122 cm³/mol. The number of aromatic nitrogens is 1. The molecular weight excluding hydrogens is 406 g/mol. The molecule has 0 unspecified atom stereocenters. The number of carbonyl (C=O) groups is 2. The van der Waals surface area contributed by atoms with Crippen molar-refractivity contribution in [3.05, 3.63) is 69.1 Å². The van der Waals surface area contributed by atoms with Crippen LogP contribution < -0.4 is 10.9 Å². The van der Waals surface area contributed by atoms with E-state index in [0.717, 1.165) is 23.1 Å². The maximum atomic E-state index is 13.3. The number of carbonyl (C=O) groups excluding carboxylic acids is 2. The quantitative estimate of drug-likeness (QED) is 0.652. The maximum absolute atomic E-state index is 13.3. The second-order valence-corrected chi connectivity index (χ2v) is 8.73. The van der Waals surface area contributed by atoms with Crippen molar-refractivity contribution in [2.24, 2.45) is 5.92 Å². The lowest BCUT2D eigenvalue weighted by molar-refractivity contribution is -0.136. The molecule has 2 aliphatic rings. The summed E-state index contributed by atoms with van der Waals surface area (Å²) in [6.45, 7) is 1.95. The molecule has 0 saturated heterocycles. The summed E-state index contributed by atoms with van der Waals surface area (Å²) in [6, 6.07) is 9.97. The van der Waals surface area contributed by atoms with E-state index in [1.165, 1.54) is 20.0 Å². The highest BCUT2D eigenvalue weighted by molar-refractivity contribution is 5.95. The van der Waals surface area contributed by atoms with Crippen molar-refractivity contribution in [2.45, 2.75) is 45.2 Å². The number of nitrogens with zero attached hydrogens (tertiary/aromatic N) is 2. The monoisotopic (exact) mass is 437 g/mol. The standard InChI is InChI=1S/C25H31N3O4/c1-32-17-22(29)27-14-11-21-20(15-27)16-28(13-10-18-5-3-2-4-6-18)25(31)23(21)24(30)26-12-9-19-7-8-19/h2-6,16,19H,7-15,17H2,1H3,(H,26,30). The van der Waals surface area contributed by atoms with Crippen LogP contribution in [0.1, 0.15) is 46.3 Å². The van der Waals surface area contributed by atoms with Crippen LogP contribution in [-0.4, -0.2) is 48.1 Å². The lowest BCUT2D eigenvalue weighted by Gasteiger charge is -2.30. The number of methoxy groups -OCH3 is 1. The van der Waals surface area contributed by atoms with E-state index < -0.39 is 0 Å². The zero-order chi connectivity index (χ0) is 22.5. The SMILES string of the molecule is COCC(=O)N1CCc2c(cn(CCc3ccccc3)c(=O)c2C(=O)NCCC2CC2)C1. The second kappa shape index (κ2) is 10.1. The molecule has 170 valence electrons. The molecular formula is C25H31N3O4. The van der Waals surface area contributed by atoms with E-state index in [0.29, 0.717) is 44.9 Å². The van der Waals surface area contributed by atoms with Gasteiger partial charge in [0, 0.05) is 39.5 Å². The Morgan fingerprint density at radius 2 is 1.97 bits per heavy atom. The molecule has 0 radical (unpaired) electrons. The van der Waals surface area contributed by atoms with Crippen LogP contribution in [0.2, 0.25) is 0 Å². The molecule has 0 atom stereocenters. The minimum absolute atomic E-state index is 0.0253. The van der Waals surface area contributed by atoms with Gasteiger partial charge in [-0.25, -0.2) is 0 Å². The molecule has 2 amide bonds. The highest BCUT2D eigenvalue weighted by Gasteiger charge is 2.28. The van der Waals surface area contributed by atoms with Gasteiger partial charge in [0.2, 0.25) is 5.91 Å². The molecule has 0 bridgehead atoms. The first-order valence-electron chi connectivity index (χ1n) is 11.4. The number of rotatable bonds is 9. The van der Waals surface area contributed by atoms with Gasteiger partial charge in [0.05, 0.1) is 0 Å². The van der Waals surface area contributed by atoms with Crippen LogP contribution in [0.4, 0.5) is 0 Å². The Balaban J connectivity index is 1.60. The third kappa shape index (κ3) is 5.27. The van der Waals surface area contributed by atoms with Crippen LogP contribution in [0.3, 0.4) is 0 Å². The minimum atomic E-state index is -0.294. The minimum Gasteiger partial charge on any atom is -0.375 e. The average Bonchev–Trinajstić information content (AvgIpc) is 3.62. The molecule has 32 heavy (non-hydrogen) atoms. The zero-order valence-corrected chi connectivity index (χ0v) is 18.6. The van der Waals surface area contributed by atoms with E-state index in [-0.39, 0.29) is 29.5 Å². The summed E-state index contributed by atoms with van der Waals surface area (Å²) in [6.07, 6.45) is 6.43. The Morgan fingerprint density at radius 1 is 1.19 bits per heavy atom. The zero-order valence-electron chi connectivity index (χ0n) is 18.6. The number of ether oxygens (including phenoxy) is 1. The predicted octanol–water partition coefficient (Wildman–Crippen LogP) is 2.15. The third-order valence-electron chi connectivity index (χ3n) is 6.34. The molecule has 2 aromatic rings. The topological polar surface area (TPSA) is 80.6 Å². The van der Waals surface area contributed by atoms with Crippen LogP contribution in [0.15, 0.2) is 41.3 Å². The van der Waals surface area contributed by atoms with Crippen LogP contribution in [0, 0.1) is 5.92 Å². The summed E-state index contributed by atoms with van der Waals surface area (Å²) >= 11 is 0. The second-order valence-electron chi connectivity index (χ2n) is 8.73. The van der Waals surface area contributed by atoms with E-state index in [1.807, 2.05) is 36.5 Å². The Kier molecular flexibility index (Phi) is 7.05. The van der Waals surface area contributed by atoms with Crippen molar-refractivity contribution in [1.29, 1.82) is 0 Å². The van der Waals surface area contributed by atoms with Crippen molar-refractivity contribution in [2.75, 3.05) is 26.8 Å². The Labute approximate surface area is 188 Å². The number of nitrogens with one attached hydrogen (secondary N) is 1. The number of pyridine rings is 1. The molecule has 1 aliphatic carbocycles. The maximum Gasteiger partial charge on any atom is 0.263 e. The summed E-state index contributed by atoms with van der Waals surface area (Å²) in [7, 11) is 1.50.